The van der Waals surface area contributed by atoms with E-state index in [1.54, 1.807) is 0 Å². The Balaban J connectivity index is 0.000000921. The molecule has 0 aromatic heterocycles. The van der Waals surface area contributed by atoms with Gasteiger partial charge in [0.25, 0.3) is 0 Å². The molecule has 2 aliphatic heterocycles. The number of hydrogen-bond acceptors (Lipinski definition) is 3. The van der Waals surface area contributed by atoms with Gasteiger partial charge in [0.05, 0.1) is 13.2 Å². The number of rotatable bonds is 1. The Morgan fingerprint density at radius 3 is 1.67 bits per heavy atom. The number of carbonyl (C=O) groups excluding carboxylic acids is 1. The van der Waals surface area contributed by atoms with Crippen LogP contribution in [0.3, 0.4) is 0 Å². The number of hydrogen-bond donors (Lipinski definition) is 0. The number of urea groups is 1. The molecule has 5 heteroatoms. The van der Waals surface area contributed by atoms with Crippen molar-refractivity contribution in [3.8, 4) is 0 Å². The summed E-state index contributed by atoms with van der Waals surface area (Å²) in [4.78, 5) is 18.5. The second-order valence-corrected chi connectivity index (χ2v) is 5.00. The Labute approximate surface area is 131 Å². The van der Waals surface area contributed by atoms with Crippen molar-refractivity contribution in [2.24, 2.45) is 0 Å². The average Bonchev–Trinajstić information content (AvgIpc) is 2.58. The van der Waals surface area contributed by atoms with E-state index in [1.165, 1.54) is 0 Å². The SMILES string of the molecule is CC.CC.CC(C)N1CCN(C(=O)N2CCOCC2)CC1. The molecule has 2 heterocycles. The van der Waals surface area contributed by atoms with Crippen molar-refractivity contribution >= 4 is 6.03 Å². The molecule has 2 saturated heterocycles. The Morgan fingerprint density at radius 2 is 1.24 bits per heavy atom. The maximum Gasteiger partial charge on any atom is 0.320 e. The van der Waals surface area contributed by atoms with Gasteiger partial charge in [-0.05, 0) is 13.8 Å². The molecule has 2 fully saturated rings. The maximum atomic E-state index is 12.2. The van der Waals surface area contributed by atoms with Gasteiger partial charge >= 0.3 is 6.03 Å². The molecule has 0 N–H and O–H groups in total. The fraction of sp³-hybridized carbons (Fsp3) is 0.938. The molecule has 0 radical (unpaired) electrons. The first-order valence-corrected chi connectivity index (χ1v) is 8.54. The molecular weight excluding hydrogens is 266 g/mol. The molecule has 2 amide bonds. The van der Waals surface area contributed by atoms with E-state index in [4.69, 9.17) is 4.74 Å². The van der Waals surface area contributed by atoms with Crippen LogP contribution in [0.2, 0.25) is 0 Å². The lowest BCUT2D eigenvalue weighted by Crippen LogP contribution is -2.55. The smallest absolute Gasteiger partial charge is 0.320 e. The van der Waals surface area contributed by atoms with Gasteiger partial charge in [-0.15, -0.1) is 0 Å². The van der Waals surface area contributed by atoms with Crippen LogP contribution in [-0.4, -0.2) is 79.3 Å². The minimum atomic E-state index is 0.191. The largest absolute Gasteiger partial charge is 0.378 e. The van der Waals surface area contributed by atoms with Crippen molar-refractivity contribution in [2.45, 2.75) is 47.6 Å². The second kappa shape index (κ2) is 11.8. The van der Waals surface area contributed by atoms with Gasteiger partial charge in [-0.25, -0.2) is 4.79 Å². The van der Waals surface area contributed by atoms with E-state index in [9.17, 15) is 4.79 Å². The Kier molecular flexibility index (Phi) is 11.4. The highest BCUT2D eigenvalue weighted by molar-refractivity contribution is 5.74. The number of morpholine rings is 1. The maximum absolute atomic E-state index is 12.2. The Hall–Kier alpha value is -0.810. The van der Waals surface area contributed by atoms with E-state index < -0.39 is 0 Å². The van der Waals surface area contributed by atoms with E-state index in [0.29, 0.717) is 19.3 Å². The van der Waals surface area contributed by atoms with E-state index in [2.05, 4.69) is 18.7 Å². The molecule has 2 rings (SSSR count). The highest BCUT2D eigenvalue weighted by Gasteiger charge is 2.26. The molecule has 0 spiro atoms. The normalized spacial score (nSPS) is 19.4. The predicted molar refractivity (Wildman–Crippen MR) is 88.8 cm³/mol. The number of ether oxygens (including phenoxy) is 1. The standard InChI is InChI=1S/C12H23N3O2.2C2H6/c1-11(2)13-3-5-14(6-4-13)12(16)15-7-9-17-10-8-15;2*1-2/h11H,3-10H2,1-2H3;2*1-2H3. The summed E-state index contributed by atoms with van der Waals surface area (Å²) in [6.45, 7) is 18.9. The van der Waals surface area contributed by atoms with Crippen molar-refractivity contribution in [3.63, 3.8) is 0 Å². The van der Waals surface area contributed by atoms with Crippen molar-refractivity contribution in [1.29, 1.82) is 0 Å². The van der Waals surface area contributed by atoms with Gasteiger partial charge < -0.3 is 14.5 Å². The van der Waals surface area contributed by atoms with Gasteiger partial charge in [0.1, 0.15) is 0 Å². The number of nitrogens with zero attached hydrogens (tertiary/aromatic N) is 3. The summed E-state index contributed by atoms with van der Waals surface area (Å²) in [5, 5.41) is 0. The molecule has 0 saturated carbocycles. The van der Waals surface area contributed by atoms with Crippen molar-refractivity contribution in [1.82, 2.24) is 14.7 Å². The first-order chi connectivity index (χ1) is 10.2. The molecular formula is C16H35N3O2. The molecule has 21 heavy (non-hydrogen) atoms. The quantitative estimate of drug-likeness (QED) is 0.746. The molecule has 0 bridgehead atoms. The molecule has 0 aromatic rings. The minimum absolute atomic E-state index is 0.191. The summed E-state index contributed by atoms with van der Waals surface area (Å²) < 4.78 is 5.27. The van der Waals surface area contributed by atoms with Crippen LogP contribution in [-0.2, 0) is 4.74 Å². The molecule has 0 unspecified atom stereocenters. The highest BCUT2D eigenvalue weighted by atomic mass is 16.5. The van der Waals surface area contributed by atoms with Gasteiger partial charge in [0, 0.05) is 45.3 Å². The van der Waals surface area contributed by atoms with Crippen LogP contribution in [0.5, 0.6) is 0 Å². The average molecular weight is 301 g/mol. The summed E-state index contributed by atoms with van der Waals surface area (Å²) in [6.07, 6.45) is 0. The molecule has 0 aromatic carbocycles. The lowest BCUT2D eigenvalue weighted by Gasteiger charge is -2.39. The van der Waals surface area contributed by atoms with E-state index in [1.807, 2.05) is 37.5 Å². The van der Waals surface area contributed by atoms with Gasteiger partial charge in [-0.3, -0.25) is 4.90 Å². The summed E-state index contributed by atoms with van der Waals surface area (Å²) in [7, 11) is 0. The van der Waals surface area contributed by atoms with Gasteiger partial charge in [0.2, 0.25) is 0 Å². The zero-order valence-corrected chi connectivity index (χ0v) is 14.9. The van der Waals surface area contributed by atoms with Crippen LogP contribution >= 0.6 is 0 Å². The first-order valence-electron chi connectivity index (χ1n) is 8.54. The third-order valence-corrected chi connectivity index (χ3v) is 3.60. The third kappa shape index (κ3) is 6.66. The third-order valence-electron chi connectivity index (χ3n) is 3.60. The second-order valence-electron chi connectivity index (χ2n) is 5.00. The lowest BCUT2D eigenvalue weighted by molar-refractivity contribution is 0.0359. The van der Waals surface area contributed by atoms with E-state index in [0.717, 1.165) is 39.3 Å². The Morgan fingerprint density at radius 1 is 0.810 bits per heavy atom. The first kappa shape index (κ1) is 20.2. The molecule has 0 atom stereocenters. The molecule has 126 valence electrons. The van der Waals surface area contributed by atoms with E-state index in [-0.39, 0.29) is 6.03 Å². The molecule has 2 aliphatic rings. The zero-order chi connectivity index (χ0) is 16.3. The highest BCUT2D eigenvalue weighted by Crippen LogP contribution is 2.09. The topological polar surface area (TPSA) is 36.0 Å². The number of piperazine rings is 1. The summed E-state index contributed by atoms with van der Waals surface area (Å²) in [6, 6.07) is 0.771. The number of carbonyl (C=O) groups is 1. The van der Waals surface area contributed by atoms with Crippen molar-refractivity contribution in [3.05, 3.63) is 0 Å². The summed E-state index contributed by atoms with van der Waals surface area (Å²) in [5.41, 5.74) is 0. The zero-order valence-electron chi connectivity index (χ0n) is 14.9. The number of amides is 2. The van der Waals surface area contributed by atoms with Crippen LogP contribution in [0.25, 0.3) is 0 Å². The van der Waals surface area contributed by atoms with Gasteiger partial charge in [-0.1, -0.05) is 27.7 Å². The lowest BCUT2D eigenvalue weighted by atomic mass is 10.2. The van der Waals surface area contributed by atoms with Gasteiger partial charge in [0.15, 0.2) is 0 Å². The summed E-state index contributed by atoms with van der Waals surface area (Å²) >= 11 is 0. The fourth-order valence-corrected chi connectivity index (χ4v) is 2.38. The van der Waals surface area contributed by atoms with Crippen LogP contribution in [0.15, 0.2) is 0 Å². The predicted octanol–water partition coefficient (Wildman–Crippen LogP) is 2.52. The molecule has 0 aliphatic carbocycles. The fourth-order valence-electron chi connectivity index (χ4n) is 2.38. The van der Waals surface area contributed by atoms with Crippen LogP contribution in [0.1, 0.15) is 41.5 Å². The monoisotopic (exact) mass is 301 g/mol. The van der Waals surface area contributed by atoms with Crippen LogP contribution < -0.4 is 0 Å². The van der Waals surface area contributed by atoms with Crippen molar-refractivity contribution in [2.75, 3.05) is 52.5 Å². The Bertz CT molecular complexity index is 258. The van der Waals surface area contributed by atoms with Gasteiger partial charge in [-0.2, -0.15) is 0 Å². The van der Waals surface area contributed by atoms with E-state index >= 15 is 0 Å². The van der Waals surface area contributed by atoms with Crippen LogP contribution in [0, 0.1) is 0 Å². The summed E-state index contributed by atoms with van der Waals surface area (Å²) in [5.74, 6) is 0. The minimum Gasteiger partial charge on any atom is -0.378 e. The molecule has 5 nitrogen and oxygen atoms in total. The van der Waals surface area contributed by atoms with Crippen molar-refractivity contribution < 1.29 is 9.53 Å². The van der Waals surface area contributed by atoms with Crippen LogP contribution in [0.4, 0.5) is 4.79 Å².